The Labute approximate surface area is 178 Å². The fraction of sp³-hybridized carbons (Fsp3) is 0.520. The van der Waals surface area contributed by atoms with Crippen molar-refractivity contribution in [1.29, 1.82) is 0 Å². The molecular formula is C25H36NO2P. The Balaban J connectivity index is 1.93. The van der Waals surface area contributed by atoms with E-state index in [-0.39, 0.29) is 12.2 Å². The van der Waals surface area contributed by atoms with Gasteiger partial charge in [0.15, 0.2) is 6.79 Å². The molecule has 1 aliphatic rings. The molecule has 0 spiro atoms. The molecule has 1 saturated heterocycles. The molecule has 1 atom stereocenters. The molecule has 29 heavy (non-hydrogen) atoms. The maximum absolute atomic E-state index is 6.02. The van der Waals surface area contributed by atoms with E-state index in [1.165, 1.54) is 59.7 Å². The van der Waals surface area contributed by atoms with Crippen LogP contribution in [0.2, 0.25) is 0 Å². The van der Waals surface area contributed by atoms with Gasteiger partial charge in [0.25, 0.3) is 0 Å². The van der Waals surface area contributed by atoms with Gasteiger partial charge in [0, 0.05) is 19.0 Å². The second-order valence-corrected chi connectivity index (χ2v) is 10.4. The minimum Gasteiger partial charge on any atom is -0.467 e. The number of aryl methyl sites for hydroxylation is 1. The van der Waals surface area contributed by atoms with Gasteiger partial charge in [-0.25, -0.2) is 0 Å². The standard InChI is InChI=1S/C25H36NO2P/c1-19-15-21(25(2,3)4)16-23(24(19)28-18-27-5)29-22-12-8-7-11-20(22)17-26-13-9-6-10-14-26/h7-8,11-12,15-16,29H,6,9-10,13-14,17-18H2,1-5H3. The summed E-state index contributed by atoms with van der Waals surface area (Å²) in [6.07, 6.45) is 4.03. The van der Waals surface area contributed by atoms with Crippen molar-refractivity contribution in [3.05, 3.63) is 53.1 Å². The molecule has 0 aromatic heterocycles. The molecule has 0 amide bonds. The predicted octanol–water partition coefficient (Wildman–Crippen LogP) is 4.89. The average Bonchev–Trinajstić information content (AvgIpc) is 2.69. The molecule has 0 saturated carbocycles. The molecule has 158 valence electrons. The first-order chi connectivity index (χ1) is 13.9. The van der Waals surface area contributed by atoms with Crippen LogP contribution in [0.25, 0.3) is 0 Å². The van der Waals surface area contributed by atoms with Crippen LogP contribution in [0.3, 0.4) is 0 Å². The number of likely N-dealkylation sites (tertiary alicyclic amines) is 1. The lowest BCUT2D eigenvalue weighted by atomic mass is 9.86. The van der Waals surface area contributed by atoms with Gasteiger partial charge in [0.05, 0.1) is 0 Å². The highest BCUT2D eigenvalue weighted by molar-refractivity contribution is 7.55. The summed E-state index contributed by atoms with van der Waals surface area (Å²) in [4.78, 5) is 2.60. The zero-order chi connectivity index (χ0) is 20.9. The van der Waals surface area contributed by atoms with E-state index in [9.17, 15) is 0 Å². The molecule has 3 rings (SSSR count). The van der Waals surface area contributed by atoms with Gasteiger partial charge in [-0.1, -0.05) is 66.1 Å². The number of hydrogen-bond donors (Lipinski definition) is 0. The zero-order valence-corrected chi connectivity index (χ0v) is 19.7. The van der Waals surface area contributed by atoms with Crippen molar-refractivity contribution >= 4 is 19.2 Å². The Hall–Kier alpha value is -1.41. The minimum absolute atomic E-state index is 0.108. The largest absolute Gasteiger partial charge is 0.467 e. The van der Waals surface area contributed by atoms with Crippen LogP contribution in [0.4, 0.5) is 0 Å². The highest BCUT2D eigenvalue weighted by Crippen LogP contribution is 2.31. The molecule has 2 aromatic carbocycles. The summed E-state index contributed by atoms with van der Waals surface area (Å²) in [5.41, 5.74) is 4.10. The summed E-state index contributed by atoms with van der Waals surface area (Å²) in [6.45, 7) is 12.7. The Bertz CT molecular complexity index is 807. The topological polar surface area (TPSA) is 21.7 Å². The molecule has 1 unspecified atom stereocenters. The van der Waals surface area contributed by atoms with Crippen molar-refractivity contribution < 1.29 is 9.47 Å². The van der Waals surface area contributed by atoms with E-state index in [1.54, 1.807) is 7.11 Å². The summed E-state index contributed by atoms with van der Waals surface area (Å²) < 4.78 is 11.2. The zero-order valence-electron chi connectivity index (χ0n) is 18.7. The molecule has 1 aliphatic heterocycles. The highest BCUT2D eigenvalue weighted by Gasteiger charge is 2.20. The second-order valence-electron chi connectivity index (χ2n) is 9.09. The van der Waals surface area contributed by atoms with Gasteiger partial charge < -0.3 is 9.47 Å². The predicted molar refractivity (Wildman–Crippen MR) is 126 cm³/mol. The molecule has 1 fully saturated rings. The van der Waals surface area contributed by atoms with Crippen LogP contribution in [0.15, 0.2) is 36.4 Å². The molecular weight excluding hydrogens is 377 g/mol. The molecule has 2 aromatic rings. The van der Waals surface area contributed by atoms with E-state index in [1.807, 2.05) is 0 Å². The molecule has 3 nitrogen and oxygen atoms in total. The third-order valence-corrected chi connectivity index (χ3v) is 6.99. The summed E-state index contributed by atoms with van der Waals surface area (Å²) >= 11 is 0. The van der Waals surface area contributed by atoms with Gasteiger partial charge in [0.2, 0.25) is 0 Å². The number of piperidine rings is 1. The van der Waals surface area contributed by atoms with Gasteiger partial charge >= 0.3 is 0 Å². The van der Waals surface area contributed by atoms with Crippen molar-refractivity contribution in [3.63, 3.8) is 0 Å². The second kappa shape index (κ2) is 10.1. The number of hydrogen-bond acceptors (Lipinski definition) is 3. The lowest BCUT2D eigenvalue weighted by molar-refractivity contribution is 0.0514. The molecule has 1 heterocycles. The van der Waals surface area contributed by atoms with E-state index in [0.717, 1.165) is 12.3 Å². The first kappa shape index (κ1) is 22.3. The summed E-state index contributed by atoms with van der Waals surface area (Å²) in [6, 6.07) is 13.5. The van der Waals surface area contributed by atoms with Crippen molar-refractivity contribution in [1.82, 2.24) is 4.90 Å². The monoisotopic (exact) mass is 413 g/mol. The summed E-state index contributed by atoms with van der Waals surface area (Å²) in [7, 11) is 2.25. The molecule has 4 heteroatoms. The number of rotatable bonds is 7. The fourth-order valence-electron chi connectivity index (χ4n) is 3.89. The van der Waals surface area contributed by atoms with Crippen LogP contribution in [0, 0.1) is 6.92 Å². The van der Waals surface area contributed by atoms with E-state index in [2.05, 4.69) is 69.0 Å². The Morgan fingerprint density at radius 3 is 2.41 bits per heavy atom. The van der Waals surface area contributed by atoms with Crippen molar-refractivity contribution in [2.45, 2.75) is 58.9 Å². The first-order valence-corrected chi connectivity index (χ1v) is 11.7. The van der Waals surface area contributed by atoms with Gasteiger partial charge in [-0.3, -0.25) is 4.90 Å². The minimum atomic E-state index is 0.108. The number of ether oxygens (including phenoxy) is 2. The van der Waals surface area contributed by atoms with E-state index >= 15 is 0 Å². The third kappa shape index (κ3) is 6.04. The van der Waals surface area contributed by atoms with Gasteiger partial charge in [-0.05, 0) is 66.3 Å². The number of benzene rings is 2. The van der Waals surface area contributed by atoms with Gasteiger partial charge in [0.1, 0.15) is 5.75 Å². The van der Waals surface area contributed by atoms with Crippen LogP contribution < -0.4 is 15.3 Å². The smallest absolute Gasteiger partial charge is 0.188 e. The quantitative estimate of drug-likeness (QED) is 0.477. The molecule has 0 bridgehead atoms. The van der Waals surface area contributed by atoms with Crippen LogP contribution in [-0.2, 0) is 16.7 Å². The van der Waals surface area contributed by atoms with Crippen molar-refractivity contribution in [2.75, 3.05) is 27.0 Å². The van der Waals surface area contributed by atoms with Crippen molar-refractivity contribution in [2.24, 2.45) is 0 Å². The highest BCUT2D eigenvalue weighted by atomic mass is 31.1. The van der Waals surface area contributed by atoms with Crippen LogP contribution in [0.1, 0.15) is 56.7 Å². The molecule has 0 aliphatic carbocycles. The lowest BCUT2D eigenvalue weighted by Crippen LogP contribution is -2.30. The van der Waals surface area contributed by atoms with Crippen molar-refractivity contribution in [3.8, 4) is 5.75 Å². The Morgan fingerprint density at radius 2 is 1.72 bits per heavy atom. The van der Waals surface area contributed by atoms with Crippen LogP contribution in [0.5, 0.6) is 5.75 Å². The average molecular weight is 414 g/mol. The van der Waals surface area contributed by atoms with E-state index in [4.69, 9.17) is 9.47 Å². The third-order valence-electron chi connectivity index (χ3n) is 5.59. The van der Waals surface area contributed by atoms with E-state index in [0.29, 0.717) is 8.58 Å². The Morgan fingerprint density at radius 1 is 1.00 bits per heavy atom. The Kier molecular flexibility index (Phi) is 7.73. The van der Waals surface area contributed by atoms with E-state index < -0.39 is 0 Å². The van der Waals surface area contributed by atoms with Crippen LogP contribution >= 0.6 is 8.58 Å². The molecule has 0 N–H and O–H groups in total. The number of nitrogens with zero attached hydrogens (tertiary/aromatic N) is 1. The number of methoxy groups -OCH3 is 1. The normalized spacial score (nSPS) is 15.9. The molecule has 0 radical (unpaired) electrons. The first-order valence-electron chi connectivity index (χ1n) is 10.7. The maximum atomic E-state index is 6.02. The van der Waals surface area contributed by atoms with Gasteiger partial charge in [-0.2, -0.15) is 0 Å². The SMILES string of the molecule is COCOc1c(C)cc(C(C)(C)C)cc1Pc1ccccc1CN1CCCCC1. The van der Waals surface area contributed by atoms with Gasteiger partial charge in [-0.15, -0.1) is 0 Å². The van der Waals surface area contributed by atoms with Crippen LogP contribution in [-0.4, -0.2) is 31.9 Å². The fourth-order valence-corrected chi connectivity index (χ4v) is 5.30. The lowest BCUT2D eigenvalue weighted by Gasteiger charge is -2.27. The maximum Gasteiger partial charge on any atom is 0.188 e. The summed E-state index contributed by atoms with van der Waals surface area (Å²) in [5, 5.41) is 2.70. The summed E-state index contributed by atoms with van der Waals surface area (Å²) in [5.74, 6) is 0.978.